The normalized spacial score (nSPS) is 15.3. The number of hydrazine groups is 1. The molecular weight excluding hydrogens is 136 g/mol. The highest BCUT2D eigenvalue weighted by Gasteiger charge is 2.16. The van der Waals surface area contributed by atoms with Gasteiger partial charge in [0, 0.05) is 6.54 Å². The van der Waals surface area contributed by atoms with Crippen LogP contribution >= 0.6 is 0 Å². The summed E-state index contributed by atoms with van der Waals surface area (Å²) in [6.45, 7) is 3.10. The van der Waals surface area contributed by atoms with Gasteiger partial charge < -0.3 is 5.01 Å². The quantitative estimate of drug-likeness (QED) is 0.561. The van der Waals surface area contributed by atoms with Crippen LogP contribution in [0.5, 0.6) is 0 Å². The number of nitrogens with two attached hydrogens (primary N) is 1. The van der Waals surface area contributed by atoms with Gasteiger partial charge in [0.25, 0.3) is 0 Å². The number of aryl methyl sites for hydroxylation is 1. The molecule has 0 unspecified atom stereocenters. The number of hydrogen-bond donors (Lipinski definition) is 1. The Hall–Kier alpha value is -1.02. The van der Waals surface area contributed by atoms with Gasteiger partial charge in [0.2, 0.25) is 0 Å². The Kier molecular flexibility index (Phi) is 1.36. The smallest absolute Gasteiger partial charge is 0.0552 e. The Balaban J connectivity index is 2.57. The summed E-state index contributed by atoms with van der Waals surface area (Å²) in [4.78, 5) is 0. The van der Waals surface area contributed by atoms with Crippen LogP contribution in [-0.2, 0) is 6.42 Å². The van der Waals surface area contributed by atoms with E-state index >= 15 is 0 Å². The average Bonchev–Trinajstić information content (AvgIpc) is 2.35. The molecule has 0 radical (unpaired) electrons. The van der Waals surface area contributed by atoms with E-state index < -0.39 is 0 Å². The lowest BCUT2D eigenvalue weighted by Gasteiger charge is -2.11. The first-order chi connectivity index (χ1) is 5.29. The molecule has 0 fully saturated rings. The van der Waals surface area contributed by atoms with Crippen LogP contribution in [-0.4, -0.2) is 6.54 Å². The second-order valence-corrected chi connectivity index (χ2v) is 3.02. The van der Waals surface area contributed by atoms with E-state index in [4.69, 9.17) is 5.84 Å². The van der Waals surface area contributed by atoms with E-state index in [0.717, 1.165) is 13.0 Å². The Bertz CT molecular complexity index is 281. The van der Waals surface area contributed by atoms with Gasteiger partial charge >= 0.3 is 0 Å². The highest BCUT2D eigenvalue weighted by molar-refractivity contribution is 5.59. The monoisotopic (exact) mass is 148 g/mol. The van der Waals surface area contributed by atoms with Crippen LogP contribution in [0.25, 0.3) is 0 Å². The van der Waals surface area contributed by atoms with Crippen molar-refractivity contribution in [2.75, 3.05) is 11.6 Å². The first-order valence-electron chi connectivity index (χ1n) is 3.90. The van der Waals surface area contributed by atoms with Crippen LogP contribution in [0, 0.1) is 6.92 Å². The lowest BCUT2D eigenvalue weighted by atomic mass is 10.1. The maximum atomic E-state index is 5.75. The first kappa shape index (κ1) is 6.68. The maximum absolute atomic E-state index is 5.75. The van der Waals surface area contributed by atoms with E-state index in [1.807, 2.05) is 5.01 Å². The minimum Gasteiger partial charge on any atom is -0.310 e. The van der Waals surface area contributed by atoms with Crippen LogP contribution in [0.15, 0.2) is 18.2 Å². The molecule has 2 heteroatoms. The molecule has 1 aromatic rings. The van der Waals surface area contributed by atoms with Crippen LogP contribution < -0.4 is 10.9 Å². The Labute approximate surface area is 66.6 Å². The zero-order chi connectivity index (χ0) is 7.84. The highest BCUT2D eigenvalue weighted by Crippen LogP contribution is 2.27. The van der Waals surface area contributed by atoms with Crippen molar-refractivity contribution in [1.29, 1.82) is 0 Å². The molecule has 1 heterocycles. The summed E-state index contributed by atoms with van der Waals surface area (Å²) in [5, 5.41) is 1.82. The van der Waals surface area contributed by atoms with Gasteiger partial charge in [-0.1, -0.05) is 12.1 Å². The van der Waals surface area contributed by atoms with E-state index in [1.165, 1.54) is 16.8 Å². The van der Waals surface area contributed by atoms with Gasteiger partial charge in [-0.15, -0.1) is 0 Å². The van der Waals surface area contributed by atoms with Gasteiger partial charge in [-0.2, -0.15) is 0 Å². The molecular formula is C9H12N2. The Morgan fingerprint density at radius 1 is 1.45 bits per heavy atom. The predicted octanol–water partition coefficient (Wildman–Crippen LogP) is 1.23. The first-order valence-corrected chi connectivity index (χ1v) is 3.90. The van der Waals surface area contributed by atoms with Gasteiger partial charge in [-0.3, -0.25) is 0 Å². The molecule has 1 aliphatic heterocycles. The van der Waals surface area contributed by atoms with E-state index in [2.05, 4.69) is 25.1 Å². The molecule has 1 aromatic carbocycles. The van der Waals surface area contributed by atoms with Crippen LogP contribution in [0.1, 0.15) is 11.1 Å². The summed E-state index contributed by atoms with van der Waals surface area (Å²) < 4.78 is 0. The predicted molar refractivity (Wildman–Crippen MR) is 46.4 cm³/mol. The molecule has 11 heavy (non-hydrogen) atoms. The van der Waals surface area contributed by atoms with Crippen molar-refractivity contribution in [1.82, 2.24) is 0 Å². The average molecular weight is 148 g/mol. The van der Waals surface area contributed by atoms with Crippen LogP contribution in [0.4, 0.5) is 5.69 Å². The molecule has 0 amide bonds. The zero-order valence-corrected chi connectivity index (χ0v) is 6.67. The summed E-state index contributed by atoms with van der Waals surface area (Å²) in [5.41, 5.74) is 3.97. The fourth-order valence-corrected chi connectivity index (χ4v) is 1.63. The molecule has 0 aromatic heterocycles. The van der Waals surface area contributed by atoms with Gasteiger partial charge in [0.15, 0.2) is 0 Å². The number of anilines is 1. The number of rotatable bonds is 0. The minimum absolute atomic E-state index is 0.959. The second-order valence-electron chi connectivity index (χ2n) is 3.02. The molecule has 0 spiro atoms. The number of nitrogens with zero attached hydrogens (tertiary/aromatic N) is 1. The van der Waals surface area contributed by atoms with E-state index in [1.54, 1.807) is 0 Å². The van der Waals surface area contributed by atoms with Gasteiger partial charge in [0.05, 0.1) is 5.69 Å². The summed E-state index contributed by atoms with van der Waals surface area (Å²) >= 11 is 0. The summed E-state index contributed by atoms with van der Waals surface area (Å²) in [7, 11) is 0. The van der Waals surface area contributed by atoms with Crippen molar-refractivity contribution < 1.29 is 0 Å². The number of fused-ring (bicyclic) bond motifs is 1. The number of benzene rings is 1. The van der Waals surface area contributed by atoms with Crippen LogP contribution in [0.2, 0.25) is 0 Å². The zero-order valence-electron chi connectivity index (χ0n) is 6.67. The molecule has 0 atom stereocenters. The summed E-state index contributed by atoms with van der Waals surface area (Å²) in [5.74, 6) is 5.75. The molecule has 58 valence electrons. The van der Waals surface area contributed by atoms with E-state index in [9.17, 15) is 0 Å². The molecule has 1 aliphatic rings. The molecule has 0 aliphatic carbocycles. The van der Waals surface area contributed by atoms with Gasteiger partial charge in [0.1, 0.15) is 0 Å². The molecule has 0 bridgehead atoms. The van der Waals surface area contributed by atoms with Crippen molar-refractivity contribution in [3.05, 3.63) is 29.3 Å². The lowest BCUT2D eigenvalue weighted by molar-refractivity contribution is 0.890. The van der Waals surface area contributed by atoms with Gasteiger partial charge in [-0.05, 0) is 30.5 Å². The number of hydrogen-bond acceptors (Lipinski definition) is 2. The molecule has 0 saturated carbocycles. The molecule has 0 saturated heterocycles. The third kappa shape index (κ3) is 0.906. The molecule has 2 N–H and O–H groups in total. The highest BCUT2D eigenvalue weighted by atomic mass is 15.4. The third-order valence-electron chi connectivity index (χ3n) is 2.30. The van der Waals surface area contributed by atoms with Crippen LogP contribution in [0.3, 0.4) is 0 Å². The van der Waals surface area contributed by atoms with Gasteiger partial charge in [-0.25, -0.2) is 5.84 Å². The van der Waals surface area contributed by atoms with Crippen molar-refractivity contribution in [3.8, 4) is 0 Å². The third-order valence-corrected chi connectivity index (χ3v) is 2.30. The second kappa shape index (κ2) is 2.24. The van der Waals surface area contributed by atoms with Crippen molar-refractivity contribution in [2.45, 2.75) is 13.3 Å². The van der Waals surface area contributed by atoms with E-state index in [0.29, 0.717) is 0 Å². The fraction of sp³-hybridized carbons (Fsp3) is 0.333. The van der Waals surface area contributed by atoms with E-state index in [-0.39, 0.29) is 0 Å². The van der Waals surface area contributed by atoms with Crippen molar-refractivity contribution in [3.63, 3.8) is 0 Å². The minimum atomic E-state index is 0.959. The Morgan fingerprint density at radius 2 is 2.27 bits per heavy atom. The fourth-order valence-electron chi connectivity index (χ4n) is 1.63. The summed E-state index contributed by atoms with van der Waals surface area (Å²) in [6, 6.07) is 6.27. The topological polar surface area (TPSA) is 29.3 Å². The lowest BCUT2D eigenvalue weighted by Crippen LogP contribution is -2.27. The van der Waals surface area contributed by atoms with Crippen molar-refractivity contribution >= 4 is 5.69 Å². The van der Waals surface area contributed by atoms with Crippen molar-refractivity contribution in [2.24, 2.45) is 5.84 Å². The Morgan fingerprint density at radius 3 is 3.00 bits per heavy atom. The summed E-state index contributed by atoms with van der Waals surface area (Å²) in [6.07, 6.45) is 1.10. The molecule has 2 nitrogen and oxygen atoms in total. The molecule has 2 rings (SSSR count). The largest absolute Gasteiger partial charge is 0.310 e. The standard InChI is InChI=1S/C9H12N2/c1-7-3-2-4-9-8(7)5-6-11(9)10/h2-4H,5-6,10H2,1H3. The maximum Gasteiger partial charge on any atom is 0.0552 e. The SMILES string of the molecule is Cc1cccc2c1CCN2N.